The van der Waals surface area contributed by atoms with Gasteiger partial charge in [-0.1, -0.05) is 24.3 Å². The SMILES string of the molecule is CP(C)(=O)CN1CCN(Cc2ccc3ccccc3n2)CCN(CP(C)(C)=O)CCN(CP(C)(C)=O)CC1. The van der Waals surface area contributed by atoms with E-state index >= 15 is 0 Å². The Morgan fingerprint density at radius 3 is 1.39 bits per heavy atom. The zero-order valence-electron chi connectivity index (χ0n) is 24.3. The normalized spacial score (nSPS) is 19.3. The number of aromatic nitrogens is 1. The van der Waals surface area contributed by atoms with Gasteiger partial charge in [-0.2, -0.15) is 0 Å². The van der Waals surface area contributed by atoms with E-state index in [1.165, 1.54) is 0 Å². The molecule has 0 bridgehead atoms. The average Bonchev–Trinajstić information content (AvgIpc) is 2.78. The van der Waals surface area contributed by atoms with Gasteiger partial charge in [-0.25, -0.2) is 0 Å². The Hall–Kier alpha value is -0.840. The molecule has 8 nitrogen and oxygen atoms in total. The number of nitrogens with zero attached hydrogens (tertiary/aromatic N) is 5. The first kappa shape index (κ1) is 31.7. The molecule has 0 unspecified atom stereocenters. The van der Waals surface area contributed by atoms with E-state index in [9.17, 15) is 13.7 Å². The lowest BCUT2D eigenvalue weighted by molar-refractivity contribution is 0.151. The summed E-state index contributed by atoms with van der Waals surface area (Å²) >= 11 is 0. The molecular weight excluding hydrogens is 535 g/mol. The first-order valence-electron chi connectivity index (χ1n) is 13.5. The highest BCUT2D eigenvalue weighted by Crippen LogP contribution is 2.38. The zero-order chi connectivity index (χ0) is 28.0. The molecule has 38 heavy (non-hydrogen) atoms. The van der Waals surface area contributed by atoms with E-state index in [0.29, 0.717) is 18.9 Å². The van der Waals surface area contributed by atoms with Crippen molar-refractivity contribution in [1.82, 2.24) is 24.6 Å². The predicted octanol–water partition coefficient (Wildman–Crippen LogP) is 4.70. The van der Waals surface area contributed by atoms with Crippen LogP contribution in [0.2, 0.25) is 0 Å². The molecule has 3 rings (SSSR count). The van der Waals surface area contributed by atoms with E-state index in [4.69, 9.17) is 4.98 Å². The minimum atomic E-state index is -2.24. The van der Waals surface area contributed by atoms with Gasteiger partial charge in [-0.3, -0.25) is 24.6 Å². The Bertz CT molecular complexity index is 1150. The molecule has 1 aliphatic rings. The van der Waals surface area contributed by atoms with E-state index < -0.39 is 21.4 Å². The highest BCUT2D eigenvalue weighted by molar-refractivity contribution is 7.62. The maximum atomic E-state index is 12.8. The number of rotatable bonds is 8. The molecule has 0 atom stereocenters. The van der Waals surface area contributed by atoms with E-state index in [2.05, 4.69) is 43.9 Å². The van der Waals surface area contributed by atoms with Crippen LogP contribution in [0.3, 0.4) is 0 Å². The molecule has 0 N–H and O–H groups in total. The number of hydrogen-bond donors (Lipinski definition) is 0. The molecule has 0 saturated carbocycles. The first-order chi connectivity index (χ1) is 17.7. The summed E-state index contributed by atoms with van der Waals surface area (Å²) in [6.07, 6.45) is 1.74. The Morgan fingerprint density at radius 1 is 0.579 bits per heavy atom. The van der Waals surface area contributed by atoms with E-state index in [1.54, 1.807) is 0 Å². The Kier molecular flexibility index (Phi) is 11.4. The molecule has 2 aromatic rings. The van der Waals surface area contributed by atoms with Crippen molar-refractivity contribution in [2.24, 2.45) is 0 Å². The van der Waals surface area contributed by atoms with Crippen LogP contribution in [0.15, 0.2) is 36.4 Å². The molecule has 0 radical (unpaired) electrons. The zero-order valence-corrected chi connectivity index (χ0v) is 26.9. The number of pyridine rings is 1. The first-order valence-corrected chi connectivity index (χ1v) is 21.9. The maximum Gasteiger partial charge on any atom is 0.0951 e. The molecule has 1 aromatic heterocycles. The van der Waals surface area contributed by atoms with Crippen LogP contribution in [0.1, 0.15) is 5.69 Å². The third-order valence-corrected chi connectivity index (χ3v) is 9.84. The fourth-order valence-electron chi connectivity index (χ4n) is 5.03. The van der Waals surface area contributed by atoms with Crippen molar-refractivity contribution < 1.29 is 13.7 Å². The maximum absolute atomic E-state index is 12.8. The molecule has 2 heterocycles. The summed E-state index contributed by atoms with van der Waals surface area (Å²) in [5.41, 5.74) is 2.04. The van der Waals surface area contributed by atoms with Crippen LogP contribution in [0.25, 0.3) is 10.9 Å². The smallest absolute Gasteiger partial charge is 0.0951 e. The van der Waals surface area contributed by atoms with Crippen LogP contribution < -0.4 is 0 Å². The Balaban J connectivity index is 1.82. The van der Waals surface area contributed by atoms with Crippen molar-refractivity contribution in [3.63, 3.8) is 0 Å². The number of para-hydroxylation sites is 1. The largest absolute Gasteiger partial charge is 0.323 e. The van der Waals surface area contributed by atoms with Gasteiger partial charge in [-0.05, 0) is 52.1 Å². The topological polar surface area (TPSA) is 77.1 Å². The van der Waals surface area contributed by atoms with Crippen molar-refractivity contribution >= 4 is 32.3 Å². The summed E-state index contributed by atoms with van der Waals surface area (Å²) < 4.78 is 38.3. The second kappa shape index (κ2) is 13.7. The summed E-state index contributed by atoms with van der Waals surface area (Å²) in [6, 6.07) is 12.4. The van der Waals surface area contributed by atoms with Crippen LogP contribution >= 0.6 is 21.4 Å². The van der Waals surface area contributed by atoms with E-state index in [1.807, 2.05) is 52.1 Å². The van der Waals surface area contributed by atoms with Gasteiger partial charge < -0.3 is 13.7 Å². The fourth-order valence-corrected chi connectivity index (χ4v) is 8.77. The van der Waals surface area contributed by atoms with Gasteiger partial charge in [0.15, 0.2) is 0 Å². The molecule has 0 spiro atoms. The summed E-state index contributed by atoms with van der Waals surface area (Å²) in [5.74, 6) is 0. The molecule has 11 heteroatoms. The predicted molar refractivity (Wildman–Crippen MR) is 165 cm³/mol. The summed E-state index contributed by atoms with van der Waals surface area (Å²) in [5, 5.41) is 1.14. The van der Waals surface area contributed by atoms with Crippen molar-refractivity contribution in [2.45, 2.75) is 6.54 Å². The minimum absolute atomic E-state index is 0.570. The molecule has 214 valence electrons. The van der Waals surface area contributed by atoms with Crippen LogP contribution in [-0.4, -0.2) is 136 Å². The third-order valence-electron chi connectivity index (χ3n) is 6.59. The quantitative estimate of drug-likeness (QED) is 0.414. The third kappa shape index (κ3) is 12.1. The number of hydrogen-bond acceptors (Lipinski definition) is 8. The van der Waals surface area contributed by atoms with Crippen molar-refractivity contribution in [3.8, 4) is 0 Å². The van der Waals surface area contributed by atoms with Crippen LogP contribution in [0.5, 0.6) is 0 Å². The summed E-state index contributed by atoms with van der Waals surface area (Å²) in [7, 11) is -6.71. The van der Waals surface area contributed by atoms with E-state index in [0.717, 1.165) is 75.5 Å². The highest BCUT2D eigenvalue weighted by atomic mass is 31.2. The van der Waals surface area contributed by atoms with Crippen LogP contribution in [0, 0.1) is 0 Å². The molecule has 1 fully saturated rings. The average molecular weight is 584 g/mol. The molecule has 0 amide bonds. The standard InChI is InChI=1S/C27H48N5O3P3/c1-36(2,33)22-30-15-13-29(21-26-12-11-25-9-7-8-10-27(25)28-26)14-16-31(23-37(3,4)34)18-20-32(19-17-30)24-38(5,6)35/h7-12H,13-24H2,1-6H3. The van der Waals surface area contributed by atoms with Crippen molar-refractivity contribution in [3.05, 3.63) is 42.1 Å². The summed E-state index contributed by atoms with van der Waals surface area (Å²) in [4.78, 5) is 14.2. The van der Waals surface area contributed by atoms with E-state index in [-0.39, 0.29) is 0 Å². The molecule has 1 aliphatic heterocycles. The van der Waals surface area contributed by atoms with Crippen LogP contribution in [-0.2, 0) is 20.2 Å². The second-order valence-electron chi connectivity index (χ2n) is 12.3. The van der Waals surface area contributed by atoms with Crippen molar-refractivity contribution in [1.29, 1.82) is 0 Å². The van der Waals surface area contributed by atoms with Gasteiger partial charge in [0.25, 0.3) is 0 Å². The van der Waals surface area contributed by atoms with Crippen LogP contribution in [0.4, 0.5) is 0 Å². The molecule has 1 saturated heterocycles. The van der Waals surface area contributed by atoms with Gasteiger partial charge in [0.2, 0.25) is 0 Å². The van der Waals surface area contributed by atoms with Crippen molar-refractivity contribution in [2.75, 3.05) is 111 Å². The second-order valence-corrected chi connectivity index (χ2v) is 22.6. The fraction of sp³-hybridized carbons (Fsp3) is 0.667. The number of benzene rings is 1. The Labute approximate surface area is 230 Å². The van der Waals surface area contributed by atoms with Gasteiger partial charge in [0.05, 0.1) is 51.5 Å². The monoisotopic (exact) mass is 583 g/mol. The van der Waals surface area contributed by atoms with Gasteiger partial charge in [0, 0.05) is 64.3 Å². The minimum Gasteiger partial charge on any atom is -0.323 e. The molecule has 0 aliphatic carbocycles. The van der Waals surface area contributed by atoms with Gasteiger partial charge in [0.1, 0.15) is 0 Å². The molecule has 1 aromatic carbocycles. The lowest BCUT2D eigenvalue weighted by Crippen LogP contribution is -2.46. The highest BCUT2D eigenvalue weighted by Gasteiger charge is 2.23. The molecular formula is C27H48N5O3P3. The number of fused-ring (bicyclic) bond motifs is 1. The summed E-state index contributed by atoms with van der Waals surface area (Å²) in [6.45, 7) is 18.3. The van der Waals surface area contributed by atoms with Gasteiger partial charge >= 0.3 is 0 Å². The van der Waals surface area contributed by atoms with Gasteiger partial charge in [-0.15, -0.1) is 0 Å². The Morgan fingerprint density at radius 2 is 0.974 bits per heavy atom. The lowest BCUT2D eigenvalue weighted by atomic mass is 10.2. The lowest BCUT2D eigenvalue weighted by Gasteiger charge is -2.35.